The molecule has 4 heteroatoms. The first-order valence-corrected chi connectivity index (χ1v) is 4.30. The monoisotopic (exact) mass is 188 g/mol. The van der Waals surface area contributed by atoms with Gasteiger partial charge in [0.1, 0.15) is 12.2 Å². The van der Waals surface area contributed by atoms with Gasteiger partial charge in [-0.15, -0.1) is 0 Å². The van der Waals surface area contributed by atoms with Crippen molar-refractivity contribution < 1.29 is 19.4 Å². The molecule has 0 rings (SSSR count). The SMILES string of the molecule is CC(C)OC(C)CC(=O)CC(=O)O. The van der Waals surface area contributed by atoms with Crippen LogP contribution in [0.1, 0.15) is 33.6 Å². The molecule has 0 bridgehead atoms. The molecule has 0 aliphatic heterocycles. The van der Waals surface area contributed by atoms with E-state index in [0.717, 1.165) is 0 Å². The summed E-state index contributed by atoms with van der Waals surface area (Å²) in [5, 5.41) is 8.32. The van der Waals surface area contributed by atoms with E-state index in [-0.39, 0.29) is 24.4 Å². The third kappa shape index (κ3) is 7.46. The molecule has 0 aromatic rings. The fourth-order valence-corrected chi connectivity index (χ4v) is 1.07. The van der Waals surface area contributed by atoms with E-state index in [2.05, 4.69) is 0 Å². The van der Waals surface area contributed by atoms with Crippen molar-refractivity contribution >= 4 is 11.8 Å². The molecule has 76 valence electrons. The van der Waals surface area contributed by atoms with Crippen LogP contribution in [0.5, 0.6) is 0 Å². The van der Waals surface area contributed by atoms with E-state index >= 15 is 0 Å². The molecule has 1 atom stereocenters. The van der Waals surface area contributed by atoms with Gasteiger partial charge in [-0.05, 0) is 20.8 Å². The molecule has 0 saturated heterocycles. The fourth-order valence-electron chi connectivity index (χ4n) is 1.07. The summed E-state index contributed by atoms with van der Waals surface area (Å²) in [7, 11) is 0. The Bertz CT molecular complexity index is 186. The van der Waals surface area contributed by atoms with Gasteiger partial charge in [-0.3, -0.25) is 9.59 Å². The molecule has 0 heterocycles. The lowest BCUT2D eigenvalue weighted by Crippen LogP contribution is -2.19. The Morgan fingerprint density at radius 1 is 1.31 bits per heavy atom. The average molecular weight is 188 g/mol. The van der Waals surface area contributed by atoms with Gasteiger partial charge < -0.3 is 9.84 Å². The molecular formula is C9H16O4. The number of carbonyl (C=O) groups is 2. The predicted molar refractivity (Wildman–Crippen MR) is 47.6 cm³/mol. The van der Waals surface area contributed by atoms with Crippen molar-refractivity contribution in [1.82, 2.24) is 0 Å². The summed E-state index contributed by atoms with van der Waals surface area (Å²) in [6.07, 6.45) is -0.379. The van der Waals surface area contributed by atoms with Crippen LogP contribution in [-0.2, 0) is 14.3 Å². The highest BCUT2D eigenvalue weighted by Crippen LogP contribution is 2.04. The number of Topliss-reactive ketones (excluding diaryl/α,β-unsaturated/α-hetero) is 1. The Morgan fingerprint density at radius 2 is 1.85 bits per heavy atom. The molecule has 13 heavy (non-hydrogen) atoms. The molecule has 1 N–H and O–H groups in total. The minimum Gasteiger partial charge on any atom is -0.481 e. The number of carboxylic acid groups (broad SMARTS) is 1. The zero-order valence-corrected chi connectivity index (χ0v) is 8.24. The number of carbonyl (C=O) groups excluding carboxylic acids is 1. The lowest BCUT2D eigenvalue weighted by Gasteiger charge is -2.14. The number of hydrogen-bond donors (Lipinski definition) is 1. The molecule has 1 unspecified atom stereocenters. The molecule has 0 radical (unpaired) electrons. The van der Waals surface area contributed by atoms with Crippen LogP contribution < -0.4 is 0 Å². The zero-order valence-electron chi connectivity index (χ0n) is 8.24. The maximum atomic E-state index is 11.0. The van der Waals surface area contributed by atoms with Crippen LogP contribution in [0.2, 0.25) is 0 Å². The first kappa shape index (κ1) is 12.1. The molecule has 4 nitrogen and oxygen atoms in total. The van der Waals surface area contributed by atoms with E-state index in [1.807, 2.05) is 13.8 Å². The van der Waals surface area contributed by atoms with Gasteiger partial charge in [-0.1, -0.05) is 0 Å². The summed E-state index contributed by atoms with van der Waals surface area (Å²) in [4.78, 5) is 21.1. The van der Waals surface area contributed by atoms with Gasteiger partial charge in [0, 0.05) is 6.42 Å². The minimum absolute atomic E-state index is 0.0626. The van der Waals surface area contributed by atoms with Crippen molar-refractivity contribution in [3.8, 4) is 0 Å². The molecule has 0 aliphatic rings. The summed E-state index contributed by atoms with van der Waals surface area (Å²) < 4.78 is 5.29. The van der Waals surface area contributed by atoms with Gasteiger partial charge in [-0.2, -0.15) is 0 Å². The van der Waals surface area contributed by atoms with Crippen LogP contribution in [0, 0.1) is 0 Å². The largest absolute Gasteiger partial charge is 0.481 e. The van der Waals surface area contributed by atoms with E-state index in [0.29, 0.717) is 0 Å². The highest BCUT2D eigenvalue weighted by Gasteiger charge is 2.13. The first-order chi connectivity index (χ1) is 5.91. The van der Waals surface area contributed by atoms with Gasteiger partial charge >= 0.3 is 5.97 Å². The molecular weight excluding hydrogens is 172 g/mol. The Kier molecular flexibility index (Phi) is 5.30. The maximum Gasteiger partial charge on any atom is 0.310 e. The number of hydrogen-bond acceptors (Lipinski definition) is 3. The normalized spacial score (nSPS) is 12.9. The maximum absolute atomic E-state index is 11.0. The van der Waals surface area contributed by atoms with E-state index in [9.17, 15) is 9.59 Å². The van der Waals surface area contributed by atoms with E-state index in [4.69, 9.17) is 9.84 Å². The van der Waals surface area contributed by atoms with Gasteiger partial charge in [0.25, 0.3) is 0 Å². The Hall–Kier alpha value is -0.900. The van der Waals surface area contributed by atoms with E-state index in [1.165, 1.54) is 0 Å². The zero-order chi connectivity index (χ0) is 10.4. The Morgan fingerprint density at radius 3 is 2.23 bits per heavy atom. The van der Waals surface area contributed by atoms with Gasteiger partial charge in [0.15, 0.2) is 0 Å². The van der Waals surface area contributed by atoms with E-state index in [1.54, 1.807) is 6.92 Å². The molecule has 0 aromatic carbocycles. The number of ether oxygens (including phenoxy) is 1. The summed E-state index contributed by atoms with van der Waals surface area (Å²) >= 11 is 0. The number of ketones is 1. The summed E-state index contributed by atoms with van der Waals surface area (Å²) in [6, 6.07) is 0. The summed E-state index contributed by atoms with van der Waals surface area (Å²) in [5.74, 6) is -1.37. The third-order valence-electron chi connectivity index (χ3n) is 1.37. The fraction of sp³-hybridized carbons (Fsp3) is 0.778. The Labute approximate surface area is 77.9 Å². The van der Waals surface area contributed by atoms with Crippen molar-refractivity contribution in [2.24, 2.45) is 0 Å². The van der Waals surface area contributed by atoms with Crippen LogP contribution in [0.4, 0.5) is 0 Å². The van der Waals surface area contributed by atoms with Crippen molar-refractivity contribution in [1.29, 1.82) is 0 Å². The molecule has 0 saturated carbocycles. The number of aliphatic carboxylic acids is 1. The van der Waals surface area contributed by atoms with Crippen molar-refractivity contribution in [3.05, 3.63) is 0 Å². The second-order valence-electron chi connectivity index (χ2n) is 3.31. The average Bonchev–Trinajstić information content (AvgIpc) is 1.80. The second-order valence-corrected chi connectivity index (χ2v) is 3.31. The molecule has 0 fully saturated rings. The number of carboxylic acids is 1. The van der Waals surface area contributed by atoms with Crippen molar-refractivity contribution in [3.63, 3.8) is 0 Å². The lowest BCUT2D eigenvalue weighted by molar-refractivity contribution is -0.140. The van der Waals surface area contributed by atoms with E-state index < -0.39 is 12.4 Å². The summed E-state index contributed by atoms with van der Waals surface area (Å²) in [6.45, 7) is 5.51. The van der Waals surface area contributed by atoms with Gasteiger partial charge in [-0.25, -0.2) is 0 Å². The minimum atomic E-state index is -1.08. The third-order valence-corrected chi connectivity index (χ3v) is 1.37. The number of rotatable bonds is 6. The van der Waals surface area contributed by atoms with Crippen LogP contribution in [0.3, 0.4) is 0 Å². The van der Waals surface area contributed by atoms with Crippen molar-refractivity contribution in [2.75, 3.05) is 0 Å². The molecule has 0 aromatic heterocycles. The second kappa shape index (κ2) is 5.70. The molecule has 0 spiro atoms. The molecule has 0 aliphatic carbocycles. The smallest absolute Gasteiger partial charge is 0.310 e. The van der Waals surface area contributed by atoms with Crippen LogP contribution in [-0.4, -0.2) is 29.1 Å². The standard InChI is InChI=1S/C9H16O4/c1-6(2)13-7(3)4-8(10)5-9(11)12/h6-7H,4-5H2,1-3H3,(H,11,12). The Balaban J connectivity index is 3.71. The van der Waals surface area contributed by atoms with Crippen LogP contribution >= 0.6 is 0 Å². The summed E-state index contributed by atoms with van der Waals surface area (Å²) in [5.41, 5.74) is 0. The highest BCUT2D eigenvalue weighted by atomic mass is 16.5. The molecule has 0 amide bonds. The highest BCUT2D eigenvalue weighted by molar-refractivity contribution is 5.94. The van der Waals surface area contributed by atoms with Crippen LogP contribution in [0.15, 0.2) is 0 Å². The van der Waals surface area contributed by atoms with Gasteiger partial charge in [0.2, 0.25) is 0 Å². The van der Waals surface area contributed by atoms with Crippen molar-refractivity contribution in [2.45, 2.75) is 45.8 Å². The predicted octanol–water partition coefficient (Wildman–Crippen LogP) is 1.23. The quantitative estimate of drug-likeness (QED) is 0.637. The van der Waals surface area contributed by atoms with Gasteiger partial charge in [0.05, 0.1) is 12.2 Å². The lowest BCUT2D eigenvalue weighted by atomic mass is 10.1. The first-order valence-electron chi connectivity index (χ1n) is 4.30. The van der Waals surface area contributed by atoms with Crippen LogP contribution in [0.25, 0.3) is 0 Å². The topological polar surface area (TPSA) is 63.6 Å².